The lowest BCUT2D eigenvalue weighted by molar-refractivity contribution is -0.127. The Morgan fingerprint density at radius 2 is 2.09 bits per heavy atom. The minimum Gasteiger partial charge on any atom is -0.344 e. The van der Waals surface area contributed by atoms with E-state index in [-0.39, 0.29) is 29.6 Å². The van der Waals surface area contributed by atoms with Crippen LogP contribution in [-0.2, 0) is 11.3 Å². The lowest BCUT2D eigenvalue weighted by atomic mass is 10.0. The zero-order valence-corrected chi connectivity index (χ0v) is 19.9. The van der Waals surface area contributed by atoms with Crippen molar-refractivity contribution < 1.29 is 13.6 Å². The zero-order valence-electron chi connectivity index (χ0n) is 18.3. The number of nitrogens with zero attached hydrogens (tertiary/aromatic N) is 5. The molecule has 7 nitrogen and oxygen atoms in total. The highest BCUT2D eigenvalue weighted by Gasteiger charge is 2.36. The second-order valence-corrected chi connectivity index (χ2v) is 9.60. The number of hydrogen-bond donors (Lipinski definition) is 0. The Morgan fingerprint density at radius 1 is 1.29 bits per heavy atom. The molecule has 3 heterocycles. The summed E-state index contributed by atoms with van der Waals surface area (Å²) < 4.78 is 29.8. The largest absolute Gasteiger partial charge is 0.350 e. The highest BCUT2D eigenvalue weighted by atomic mass is 35.5. The number of hydrogen-bond acceptors (Lipinski definition) is 5. The van der Waals surface area contributed by atoms with E-state index in [0.717, 1.165) is 6.07 Å². The number of carbonyl (C=O) groups is 1. The van der Waals surface area contributed by atoms with E-state index < -0.39 is 23.5 Å². The summed E-state index contributed by atoms with van der Waals surface area (Å²) in [6.45, 7) is 12.2. The SMILES string of the molecule is [C-]#[N+][C@@H]1CN(c2nc(=O)n3c4c(c(-c5ccc(F)cc5F)c(Cl)cc24)SCC3)CCN1C(=O)C=C. The summed E-state index contributed by atoms with van der Waals surface area (Å²) in [4.78, 5) is 37.0. The molecule has 3 aromatic rings. The van der Waals surface area contributed by atoms with Gasteiger partial charge in [-0.2, -0.15) is 4.98 Å². The smallest absolute Gasteiger partial charge is 0.344 e. The molecule has 0 spiro atoms. The van der Waals surface area contributed by atoms with Gasteiger partial charge in [-0.25, -0.2) is 20.1 Å². The van der Waals surface area contributed by atoms with E-state index in [4.69, 9.17) is 18.2 Å². The van der Waals surface area contributed by atoms with Crippen LogP contribution in [0.1, 0.15) is 0 Å². The Bertz CT molecular complexity index is 1500. The molecule has 2 aliphatic rings. The molecule has 1 atom stereocenters. The van der Waals surface area contributed by atoms with Gasteiger partial charge in [0.25, 0.3) is 5.91 Å². The monoisotopic (exact) mass is 513 g/mol. The van der Waals surface area contributed by atoms with Crippen molar-refractivity contribution in [3.63, 3.8) is 0 Å². The third-order valence-electron chi connectivity index (χ3n) is 6.17. The molecule has 0 unspecified atom stereocenters. The van der Waals surface area contributed by atoms with Crippen LogP contribution in [0.4, 0.5) is 14.6 Å². The van der Waals surface area contributed by atoms with Crippen molar-refractivity contribution in [1.82, 2.24) is 14.5 Å². The van der Waals surface area contributed by atoms with Crippen LogP contribution in [0.25, 0.3) is 26.9 Å². The number of rotatable bonds is 3. The van der Waals surface area contributed by atoms with Gasteiger partial charge in [0, 0.05) is 52.9 Å². The molecule has 11 heteroatoms. The lowest BCUT2D eigenvalue weighted by Gasteiger charge is -2.36. The van der Waals surface area contributed by atoms with Crippen LogP contribution in [0.5, 0.6) is 0 Å². The van der Waals surface area contributed by atoms with Gasteiger partial charge in [0.05, 0.1) is 10.5 Å². The molecule has 0 bridgehead atoms. The van der Waals surface area contributed by atoms with Crippen molar-refractivity contribution in [3.8, 4) is 11.1 Å². The van der Waals surface area contributed by atoms with Crippen LogP contribution in [0.15, 0.2) is 46.6 Å². The normalized spacial score (nSPS) is 17.4. The van der Waals surface area contributed by atoms with Gasteiger partial charge in [0.15, 0.2) is 0 Å². The summed E-state index contributed by atoms with van der Waals surface area (Å²) in [5, 5.41) is 0.832. The van der Waals surface area contributed by atoms with Crippen molar-refractivity contribution in [2.45, 2.75) is 17.6 Å². The van der Waals surface area contributed by atoms with Gasteiger partial charge in [0.1, 0.15) is 24.0 Å². The Labute approximate surface area is 208 Å². The average Bonchev–Trinajstić information content (AvgIpc) is 2.86. The Balaban J connectivity index is 1.70. The van der Waals surface area contributed by atoms with E-state index >= 15 is 0 Å². The summed E-state index contributed by atoms with van der Waals surface area (Å²) in [6.07, 6.45) is 0.409. The van der Waals surface area contributed by atoms with Crippen LogP contribution < -0.4 is 10.6 Å². The molecule has 0 aliphatic carbocycles. The molecule has 0 N–H and O–H groups in total. The summed E-state index contributed by atoms with van der Waals surface area (Å²) in [6, 6.07) is 4.94. The van der Waals surface area contributed by atoms with Crippen LogP contribution in [0.3, 0.4) is 0 Å². The van der Waals surface area contributed by atoms with E-state index in [2.05, 4.69) is 16.4 Å². The predicted octanol–water partition coefficient (Wildman–Crippen LogP) is 4.18. The molecule has 5 rings (SSSR count). The van der Waals surface area contributed by atoms with E-state index in [1.165, 1.54) is 39.4 Å². The van der Waals surface area contributed by atoms with Crippen LogP contribution in [0, 0.1) is 18.2 Å². The molecule has 1 amide bonds. The Morgan fingerprint density at radius 3 is 2.80 bits per heavy atom. The first-order valence-electron chi connectivity index (χ1n) is 10.7. The van der Waals surface area contributed by atoms with Crippen LogP contribution in [-0.4, -0.2) is 51.9 Å². The van der Waals surface area contributed by atoms with Gasteiger partial charge >= 0.3 is 11.9 Å². The maximum Gasteiger partial charge on any atom is 0.350 e. The highest BCUT2D eigenvalue weighted by molar-refractivity contribution is 7.99. The van der Waals surface area contributed by atoms with Crippen LogP contribution >= 0.6 is 23.4 Å². The second kappa shape index (κ2) is 8.98. The molecule has 1 aromatic heterocycles. The summed E-state index contributed by atoms with van der Waals surface area (Å²) in [5.74, 6) is -0.865. The number of carbonyl (C=O) groups excluding carboxylic acids is 1. The number of halogens is 3. The van der Waals surface area contributed by atoms with Crippen LogP contribution in [0.2, 0.25) is 5.02 Å². The zero-order chi connectivity index (χ0) is 24.9. The maximum atomic E-state index is 14.7. The quantitative estimate of drug-likeness (QED) is 0.388. The minimum atomic E-state index is -0.765. The number of anilines is 1. The fourth-order valence-electron chi connectivity index (χ4n) is 4.57. The second-order valence-electron chi connectivity index (χ2n) is 8.09. The fourth-order valence-corrected chi connectivity index (χ4v) is 6.14. The summed E-state index contributed by atoms with van der Waals surface area (Å²) >= 11 is 8.12. The summed E-state index contributed by atoms with van der Waals surface area (Å²) in [5.41, 5.74) is 0.644. The highest BCUT2D eigenvalue weighted by Crippen LogP contribution is 2.46. The molecular formula is C24H18ClF2N5O2S. The van der Waals surface area contributed by atoms with Crippen molar-refractivity contribution in [2.24, 2.45) is 0 Å². The Hall–Kier alpha value is -3.42. The fraction of sp³-hybridized carbons (Fsp3) is 0.250. The molecule has 35 heavy (non-hydrogen) atoms. The first-order chi connectivity index (χ1) is 16.8. The third-order valence-corrected chi connectivity index (χ3v) is 7.54. The lowest BCUT2D eigenvalue weighted by Crippen LogP contribution is -2.54. The first-order valence-corrected chi connectivity index (χ1v) is 12.1. The van der Waals surface area contributed by atoms with Gasteiger partial charge in [0.2, 0.25) is 0 Å². The van der Waals surface area contributed by atoms with Gasteiger partial charge < -0.3 is 4.90 Å². The van der Waals surface area contributed by atoms with Gasteiger partial charge in [-0.15, -0.1) is 11.8 Å². The number of piperazine rings is 1. The minimum absolute atomic E-state index is 0.143. The standard InChI is InChI=1S/C24H18ClF2N5O2S/c1-3-19(33)31-7-6-30(12-18(31)28-2)23-15-11-16(25)20(14-5-4-13(26)10-17(14)27)22-21(15)32(8-9-35-22)24(34)29-23/h3-5,10-11,18H,1,6-9,12H2/t18-/m0/s1. The predicted molar refractivity (Wildman–Crippen MR) is 132 cm³/mol. The number of amides is 1. The van der Waals surface area contributed by atoms with E-state index in [1.54, 1.807) is 11.0 Å². The topological polar surface area (TPSA) is 62.8 Å². The number of benzene rings is 2. The van der Waals surface area contributed by atoms with Crippen molar-refractivity contribution in [1.29, 1.82) is 0 Å². The van der Waals surface area contributed by atoms with E-state index in [1.807, 2.05) is 0 Å². The summed E-state index contributed by atoms with van der Waals surface area (Å²) in [7, 11) is 0. The maximum absolute atomic E-state index is 14.7. The van der Waals surface area contributed by atoms with Gasteiger partial charge in [-0.1, -0.05) is 18.2 Å². The molecule has 2 aliphatic heterocycles. The van der Waals surface area contributed by atoms with E-state index in [0.29, 0.717) is 46.0 Å². The number of aryl methyl sites for hydroxylation is 1. The molecule has 0 saturated carbocycles. The molecule has 0 radical (unpaired) electrons. The number of thioether (sulfide) groups is 1. The average molecular weight is 514 g/mol. The number of aromatic nitrogens is 2. The molecule has 1 saturated heterocycles. The third kappa shape index (κ3) is 3.85. The van der Waals surface area contributed by atoms with Crippen molar-refractivity contribution >= 4 is 46.0 Å². The van der Waals surface area contributed by atoms with Crippen molar-refractivity contribution in [2.75, 3.05) is 30.3 Å². The first kappa shape index (κ1) is 23.3. The molecule has 178 valence electrons. The van der Waals surface area contributed by atoms with Gasteiger partial charge in [-0.05, 0) is 24.3 Å². The van der Waals surface area contributed by atoms with Crippen molar-refractivity contribution in [3.05, 3.63) is 75.5 Å². The van der Waals surface area contributed by atoms with E-state index in [9.17, 15) is 18.4 Å². The van der Waals surface area contributed by atoms with Gasteiger partial charge in [-0.3, -0.25) is 19.1 Å². The Kier molecular flexibility index (Phi) is 5.99. The molecular weight excluding hydrogens is 496 g/mol. The molecule has 1 fully saturated rings. The molecule has 2 aromatic carbocycles.